The Morgan fingerprint density at radius 3 is 1.74 bits per heavy atom. The van der Waals surface area contributed by atoms with E-state index in [9.17, 15) is 14.7 Å². The number of nitrogens with one attached hydrogen (secondary N) is 1. The monoisotopic (exact) mass is 504 g/mol. The van der Waals surface area contributed by atoms with Crippen LogP contribution in [0.2, 0.25) is 0 Å². The highest BCUT2D eigenvalue weighted by atomic mass is 31.2. The SMILES string of the molecule is CCC(CC)OP(=O)(OC(CC)CC)[C@@H](Nc1ccc([N+](=O)[O-])cc1)[C@@H](c1ccccc1)C(C)C. The average Bonchev–Trinajstić information content (AvgIpc) is 2.86. The first-order valence-electron chi connectivity index (χ1n) is 12.7. The van der Waals surface area contributed by atoms with Crippen molar-refractivity contribution in [3.05, 3.63) is 70.3 Å². The van der Waals surface area contributed by atoms with E-state index in [4.69, 9.17) is 9.05 Å². The molecule has 0 aromatic heterocycles. The lowest BCUT2D eigenvalue weighted by atomic mass is 9.88. The average molecular weight is 505 g/mol. The van der Waals surface area contributed by atoms with Crippen molar-refractivity contribution in [3.8, 4) is 0 Å². The summed E-state index contributed by atoms with van der Waals surface area (Å²) in [6.45, 7) is 12.3. The highest BCUT2D eigenvalue weighted by Crippen LogP contribution is 2.61. The zero-order valence-corrected chi connectivity index (χ0v) is 22.7. The molecule has 7 nitrogen and oxygen atoms in total. The molecule has 0 saturated carbocycles. The number of hydrogen-bond donors (Lipinski definition) is 1. The third-order valence-electron chi connectivity index (χ3n) is 6.39. The van der Waals surface area contributed by atoms with Gasteiger partial charge in [-0.05, 0) is 49.3 Å². The van der Waals surface area contributed by atoms with Crippen molar-refractivity contribution >= 4 is 19.0 Å². The molecule has 2 aromatic carbocycles. The minimum absolute atomic E-state index is 0.000289. The van der Waals surface area contributed by atoms with Crippen molar-refractivity contribution in [3.63, 3.8) is 0 Å². The summed E-state index contributed by atoms with van der Waals surface area (Å²) < 4.78 is 27.6. The quantitative estimate of drug-likeness (QED) is 0.149. The smallest absolute Gasteiger partial charge is 0.353 e. The first kappa shape index (κ1) is 29.0. The number of hydrogen-bond acceptors (Lipinski definition) is 6. The summed E-state index contributed by atoms with van der Waals surface area (Å²) in [4.78, 5) is 10.7. The van der Waals surface area contributed by atoms with Gasteiger partial charge in [0.1, 0.15) is 5.78 Å². The molecule has 0 bridgehead atoms. The molecule has 0 aliphatic heterocycles. The summed E-state index contributed by atoms with van der Waals surface area (Å²) in [5.41, 5.74) is 1.66. The number of nitrogens with zero attached hydrogens (tertiary/aromatic N) is 1. The predicted molar refractivity (Wildman–Crippen MR) is 143 cm³/mol. The van der Waals surface area contributed by atoms with Crippen LogP contribution in [0.5, 0.6) is 0 Å². The van der Waals surface area contributed by atoms with Gasteiger partial charge in [-0.15, -0.1) is 0 Å². The molecule has 0 amide bonds. The molecular formula is C27H41N2O5P. The molecule has 2 rings (SSSR count). The van der Waals surface area contributed by atoms with Crippen molar-refractivity contribution in [2.45, 2.75) is 91.1 Å². The van der Waals surface area contributed by atoms with Gasteiger partial charge in [-0.1, -0.05) is 71.9 Å². The topological polar surface area (TPSA) is 90.7 Å². The summed E-state index contributed by atoms with van der Waals surface area (Å²) in [6, 6.07) is 16.2. The number of nitro groups is 1. The van der Waals surface area contributed by atoms with Crippen LogP contribution in [0.25, 0.3) is 0 Å². The van der Waals surface area contributed by atoms with E-state index in [1.54, 1.807) is 12.1 Å². The fourth-order valence-corrected chi connectivity index (χ4v) is 7.23. The Morgan fingerprint density at radius 2 is 1.34 bits per heavy atom. The molecule has 0 fully saturated rings. The van der Waals surface area contributed by atoms with Crippen molar-refractivity contribution in [1.82, 2.24) is 0 Å². The second-order valence-electron chi connectivity index (χ2n) is 9.20. The van der Waals surface area contributed by atoms with Crippen LogP contribution < -0.4 is 5.32 Å². The van der Waals surface area contributed by atoms with Crippen LogP contribution in [0.1, 0.15) is 78.7 Å². The zero-order valence-electron chi connectivity index (χ0n) is 21.8. The van der Waals surface area contributed by atoms with Gasteiger partial charge in [-0.25, -0.2) is 0 Å². The third-order valence-corrected chi connectivity index (χ3v) is 8.71. The molecule has 0 heterocycles. The molecule has 194 valence electrons. The van der Waals surface area contributed by atoms with Gasteiger partial charge in [0.25, 0.3) is 5.69 Å². The van der Waals surface area contributed by atoms with Gasteiger partial charge in [-0.3, -0.25) is 14.7 Å². The first-order chi connectivity index (χ1) is 16.7. The van der Waals surface area contributed by atoms with E-state index in [1.165, 1.54) is 12.1 Å². The molecule has 35 heavy (non-hydrogen) atoms. The Labute approximate surface area is 210 Å². The number of non-ortho nitro benzene ring substituents is 1. The highest BCUT2D eigenvalue weighted by molar-refractivity contribution is 7.54. The van der Waals surface area contributed by atoms with Gasteiger partial charge in [0.05, 0.1) is 17.1 Å². The predicted octanol–water partition coefficient (Wildman–Crippen LogP) is 8.38. The van der Waals surface area contributed by atoms with Crippen molar-refractivity contribution in [2.75, 3.05) is 5.32 Å². The molecule has 2 atom stereocenters. The Balaban J connectivity index is 2.65. The van der Waals surface area contributed by atoms with E-state index in [1.807, 2.05) is 58.0 Å². The van der Waals surface area contributed by atoms with Crippen molar-refractivity contribution < 1.29 is 18.5 Å². The standard InChI is InChI=1S/C27H41N2O5P/c1-7-24(8-2)33-35(32,34-25(9-3)10-4)27(26(20(5)6)21-14-12-11-13-15-21)28-22-16-18-23(19-17-22)29(30)31/h11-20,24-28H,7-10H2,1-6H3/t26-,27-/m1/s1. The molecule has 2 aromatic rings. The van der Waals surface area contributed by atoms with Crippen LogP contribution in [0.3, 0.4) is 0 Å². The van der Waals surface area contributed by atoms with E-state index in [0.717, 1.165) is 5.56 Å². The molecule has 0 aliphatic rings. The Hall–Kier alpha value is -2.21. The van der Waals surface area contributed by atoms with Gasteiger partial charge in [-0.2, -0.15) is 0 Å². The van der Waals surface area contributed by atoms with E-state index in [2.05, 4.69) is 19.2 Å². The summed E-state index contributed by atoms with van der Waals surface area (Å²) in [5, 5.41) is 14.6. The van der Waals surface area contributed by atoms with Crippen LogP contribution in [0.4, 0.5) is 11.4 Å². The molecule has 0 unspecified atom stereocenters. The van der Waals surface area contributed by atoms with Gasteiger partial charge in [0, 0.05) is 23.7 Å². The minimum atomic E-state index is -3.72. The number of rotatable bonds is 15. The van der Waals surface area contributed by atoms with Crippen LogP contribution in [-0.2, 0) is 13.6 Å². The molecule has 1 N–H and O–H groups in total. The number of nitro benzene ring substituents is 1. The molecule has 0 saturated heterocycles. The molecule has 0 radical (unpaired) electrons. The summed E-state index contributed by atoms with van der Waals surface area (Å²) in [7, 11) is -3.72. The fraction of sp³-hybridized carbons (Fsp3) is 0.556. The Morgan fingerprint density at radius 1 is 0.857 bits per heavy atom. The second kappa shape index (κ2) is 13.8. The van der Waals surface area contributed by atoms with E-state index < -0.39 is 18.3 Å². The van der Waals surface area contributed by atoms with Gasteiger partial charge in [0.15, 0.2) is 0 Å². The zero-order chi connectivity index (χ0) is 26.0. The number of benzene rings is 2. The molecule has 0 aliphatic carbocycles. The lowest BCUT2D eigenvalue weighted by Gasteiger charge is -2.39. The molecule has 0 spiro atoms. The molecular weight excluding hydrogens is 463 g/mol. The first-order valence-corrected chi connectivity index (χ1v) is 14.3. The highest BCUT2D eigenvalue weighted by Gasteiger charge is 2.46. The largest absolute Gasteiger partial charge is 0.371 e. The minimum Gasteiger partial charge on any atom is -0.371 e. The summed E-state index contributed by atoms with van der Waals surface area (Å²) in [6.07, 6.45) is 2.45. The number of anilines is 1. The second-order valence-corrected chi connectivity index (χ2v) is 11.3. The van der Waals surface area contributed by atoms with Crippen LogP contribution in [0.15, 0.2) is 54.6 Å². The van der Waals surface area contributed by atoms with E-state index in [-0.39, 0.29) is 29.7 Å². The van der Waals surface area contributed by atoms with Gasteiger partial charge in [0.2, 0.25) is 0 Å². The maximum atomic E-state index is 14.9. The van der Waals surface area contributed by atoms with Gasteiger partial charge < -0.3 is 14.4 Å². The Kier molecular flexibility index (Phi) is 11.4. The lowest BCUT2D eigenvalue weighted by Crippen LogP contribution is -2.34. The van der Waals surface area contributed by atoms with Crippen molar-refractivity contribution in [1.29, 1.82) is 0 Å². The van der Waals surface area contributed by atoms with Gasteiger partial charge >= 0.3 is 7.60 Å². The fourth-order valence-electron chi connectivity index (χ4n) is 4.27. The van der Waals surface area contributed by atoms with Crippen LogP contribution in [-0.4, -0.2) is 22.9 Å². The van der Waals surface area contributed by atoms with E-state index in [0.29, 0.717) is 31.4 Å². The molecule has 8 heteroatoms. The van der Waals surface area contributed by atoms with Crippen LogP contribution >= 0.6 is 7.60 Å². The lowest BCUT2D eigenvalue weighted by molar-refractivity contribution is -0.384. The maximum absolute atomic E-state index is 14.9. The maximum Gasteiger partial charge on any atom is 0.353 e. The summed E-state index contributed by atoms with van der Waals surface area (Å²) >= 11 is 0. The summed E-state index contributed by atoms with van der Waals surface area (Å²) in [5.74, 6) is -0.773. The normalized spacial score (nSPS) is 13.9. The third kappa shape index (κ3) is 7.89. The van der Waals surface area contributed by atoms with Crippen molar-refractivity contribution in [2.24, 2.45) is 5.92 Å². The van der Waals surface area contributed by atoms with Crippen LogP contribution in [0, 0.1) is 16.0 Å². The Bertz CT molecular complexity index is 926. The van der Waals surface area contributed by atoms with E-state index >= 15 is 0 Å².